The minimum Gasteiger partial charge on any atom is -0.338 e. The van der Waals surface area contributed by atoms with Crippen LogP contribution in [0.3, 0.4) is 0 Å². The van der Waals surface area contributed by atoms with E-state index < -0.39 is 0 Å². The highest BCUT2D eigenvalue weighted by molar-refractivity contribution is 5.71. The molecule has 3 heteroatoms. The average molecular weight is 284 g/mol. The maximum atomic E-state index is 14.3. The number of hydrogen-bond donors (Lipinski definition) is 1. The zero-order chi connectivity index (χ0) is 15.0. The highest BCUT2D eigenvalue weighted by Crippen LogP contribution is 2.40. The van der Waals surface area contributed by atoms with Crippen LogP contribution < -0.4 is 10.6 Å². The number of nitrogens with zero attached hydrogens (tertiary/aromatic N) is 1. The van der Waals surface area contributed by atoms with E-state index in [0.717, 1.165) is 18.5 Å². The standard InChI is InChI=1S/C18H21FN2/c1-12-10-11-14-6-3-4-8-16(14)21(12)17-9-5-7-15(19)18(17)13(2)20/h3-9,12-13H,10-11,20H2,1-2H3/t12?,13-/m0/s1. The van der Waals surface area contributed by atoms with E-state index >= 15 is 0 Å². The van der Waals surface area contributed by atoms with Crippen LogP contribution in [0.25, 0.3) is 0 Å². The van der Waals surface area contributed by atoms with E-state index in [-0.39, 0.29) is 11.9 Å². The van der Waals surface area contributed by atoms with E-state index in [1.807, 2.05) is 19.1 Å². The molecule has 1 aliphatic heterocycles. The normalized spacial score (nSPS) is 19.2. The molecule has 1 heterocycles. The van der Waals surface area contributed by atoms with Gasteiger partial charge in [0.25, 0.3) is 0 Å². The second-order valence-electron chi connectivity index (χ2n) is 5.85. The van der Waals surface area contributed by atoms with Gasteiger partial charge in [-0.25, -0.2) is 4.39 Å². The third kappa shape index (κ3) is 2.42. The Morgan fingerprint density at radius 3 is 2.62 bits per heavy atom. The van der Waals surface area contributed by atoms with Crippen LogP contribution in [0, 0.1) is 5.82 Å². The molecule has 0 aromatic heterocycles. The molecule has 2 aromatic rings. The molecule has 0 aliphatic carbocycles. The van der Waals surface area contributed by atoms with Crippen molar-refractivity contribution in [3.63, 3.8) is 0 Å². The lowest BCUT2D eigenvalue weighted by molar-refractivity contribution is 0.581. The van der Waals surface area contributed by atoms with Crippen molar-refractivity contribution in [2.75, 3.05) is 4.90 Å². The van der Waals surface area contributed by atoms with E-state index in [0.29, 0.717) is 11.6 Å². The second-order valence-corrected chi connectivity index (χ2v) is 5.85. The maximum absolute atomic E-state index is 14.3. The van der Waals surface area contributed by atoms with E-state index in [4.69, 9.17) is 5.73 Å². The van der Waals surface area contributed by atoms with Crippen LogP contribution in [0.5, 0.6) is 0 Å². The predicted octanol–water partition coefficient (Wildman–Crippen LogP) is 4.32. The van der Waals surface area contributed by atoms with Crippen molar-refractivity contribution in [3.8, 4) is 0 Å². The Morgan fingerprint density at radius 2 is 1.86 bits per heavy atom. The zero-order valence-corrected chi connectivity index (χ0v) is 12.5. The number of rotatable bonds is 2. The molecule has 2 aromatic carbocycles. The van der Waals surface area contributed by atoms with Gasteiger partial charge >= 0.3 is 0 Å². The van der Waals surface area contributed by atoms with E-state index in [9.17, 15) is 4.39 Å². The van der Waals surface area contributed by atoms with Gasteiger partial charge in [-0.1, -0.05) is 24.3 Å². The monoisotopic (exact) mass is 284 g/mol. The molecular weight excluding hydrogens is 263 g/mol. The van der Waals surface area contributed by atoms with Gasteiger partial charge in [-0.15, -0.1) is 0 Å². The molecule has 0 bridgehead atoms. The molecular formula is C18H21FN2. The van der Waals surface area contributed by atoms with Crippen LogP contribution in [-0.2, 0) is 6.42 Å². The summed E-state index contributed by atoms with van der Waals surface area (Å²) < 4.78 is 14.3. The lowest BCUT2D eigenvalue weighted by atomic mass is 9.94. The number of benzene rings is 2. The average Bonchev–Trinajstić information content (AvgIpc) is 2.46. The number of hydrogen-bond acceptors (Lipinski definition) is 2. The number of anilines is 2. The fraction of sp³-hybridized carbons (Fsp3) is 0.333. The smallest absolute Gasteiger partial charge is 0.130 e. The Kier molecular flexibility index (Phi) is 3.68. The lowest BCUT2D eigenvalue weighted by Crippen LogP contribution is -2.34. The fourth-order valence-corrected chi connectivity index (χ4v) is 3.24. The minimum absolute atomic E-state index is 0.224. The van der Waals surface area contributed by atoms with Crippen molar-refractivity contribution in [2.24, 2.45) is 5.73 Å². The molecule has 1 unspecified atom stereocenters. The van der Waals surface area contributed by atoms with E-state index in [1.165, 1.54) is 17.3 Å². The summed E-state index contributed by atoms with van der Waals surface area (Å²) in [6.07, 6.45) is 2.13. The third-order valence-corrected chi connectivity index (χ3v) is 4.27. The summed E-state index contributed by atoms with van der Waals surface area (Å²) in [6.45, 7) is 4.02. The number of halogens is 1. The third-order valence-electron chi connectivity index (χ3n) is 4.27. The SMILES string of the molecule is CC1CCc2ccccc2N1c1cccc(F)c1[C@H](C)N. The second kappa shape index (κ2) is 5.49. The molecule has 0 saturated heterocycles. The van der Waals surface area contributed by atoms with Gasteiger partial charge in [-0.2, -0.15) is 0 Å². The maximum Gasteiger partial charge on any atom is 0.130 e. The summed E-state index contributed by atoms with van der Waals surface area (Å²) in [6, 6.07) is 13.6. The molecule has 2 atom stereocenters. The van der Waals surface area contributed by atoms with Crippen molar-refractivity contribution >= 4 is 11.4 Å². The molecule has 0 fully saturated rings. The Balaban J connectivity index is 2.19. The number of aryl methyl sites for hydroxylation is 1. The van der Waals surface area contributed by atoms with Gasteiger partial charge in [-0.3, -0.25) is 0 Å². The van der Waals surface area contributed by atoms with Gasteiger partial charge in [0, 0.05) is 29.0 Å². The molecule has 0 spiro atoms. The molecule has 2 N–H and O–H groups in total. The Bertz CT molecular complexity index is 651. The number of nitrogens with two attached hydrogens (primary N) is 1. The lowest BCUT2D eigenvalue weighted by Gasteiger charge is -2.38. The Morgan fingerprint density at radius 1 is 1.14 bits per heavy atom. The number of fused-ring (bicyclic) bond motifs is 1. The van der Waals surface area contributed by atoms with Gasteiger partial charge < -0.3 is 10.6 Å². The van der Waals surface area contributed by atoms with Crippen molar-refractivity contribution in [1.29, 1.82) is 0 Å². The van der Waals surface area contributed by atoms with Gasteiger partial charge in [0.1, 0.15) is 5.82 Å². The van der Waals surface area contributed by atoms with Crippen molar-refractivity contribution in [3.05, 3.63) is 59.4 Å². The van der Waals surface area contributed by atoms with Crippen LogP contribution in [-0.4, -0.2) is 6.04 Å². The van der Waals surface area contributed by atoms with Gasteiger partial charge in [0.05, 0.1) is 0 Å². The summed E-state index contributed by atoms with van der Waals surface area (Å²) in [5.41, 5.74) is 10.00. The Hall–Kier alpha value is -1.87. The van der Waals surface area contributed by atoms with Crippen LogP contribution in [0.2, 0.25) is 0 Å². The molecule has 0 radical (unpaired) electrons. The highest BCUT2D eigenvalue weighted by atomic mass is 19.1. The quantitative estimate of drug-likeness (QED) is 0.890. The molecule has 0 saturated carbocycles. The van der Waals surface area contributed by atoms with Crippen molar-refractivity contribution in [1.82, 2.24) is 0 Å². The first kappa shape index (κ1) is 14.1. The summed E-state index contributed by atoms with van der Waals surface area (Å²) in [5.74, 6) is -0.224. The van der Waals surface area contributed by atoms with Gasteiger partial charge in [0.2, 0.25) is 0 Å². The largest absolute Gasteiger partial charge is 0.338 e. The van der Waals surface area contributed by atoms with Crippen LogP contribution in [0.4, 0.5) is 15.8 Å². The van der Waals surface area contributed by atoms with Crippen LogP contribution in [0.15, 0.2) is 42.5 Å². The van der Waals surface area contributed by atoms with Crippen LogP contribution in [0.1, 0.15) is 37.4 Å². The molecule has 110 valence electrons. The zero-order valence-electron chi connectivity index (χ0n) is 12.5. The van der Waals surface area contributed by atoms with Crippen LogP contribution >= 0.6 is 0 Å². The molecule has 0 amide bonds. The van der Waals surface area contributed by atoms with Crippen molar-refractivity contribution < 1.29 is 4.39 Å². The fourth-order valence-electron chi connectivity index (χ4n) is 3.24. The molecule has 21 heavy (non-hydrogen) atoms. The predicted molar refractivity (Wildman–Crippen MR) is 85.4 cm³/mol. The van der Waals surface area contributed by atoms with Gasteiger partial charge in [0.15, 0.2) is 0 Å². The van der Waals surface area contributed by atoms with Crippen molar-refractivity contribution in [2.45, 2.75) is 38.8 Å². The Labute approximate surface area is 125 Å². The topological polar surface area (TPSA) is 29.3 Å². The van der Waals surface area contributed by atoms with Gasteiger partial charge in [-0.05, 0) is 50.5 Å². The van der Waals surface area contributed by atoms with E-state index in [2.05, 4.69) is 30.0 Å². The first-order valence-corrected chi connectivity index (χ1v) is 7.50. The summed E-state index contributed by atoms with van der Waals surface area (Å²) in [4.78, 5) is 2.24. The summed E-state index contributed by atoms with van der Waals surface area (Å²) in [7, 11) is 0. The van der Waals surface area contributed by atoms with E-state index in [1.54, 1.807) is 6.07 Å². The first-order chi connectivity index (χ1) is 10.1. The number of para-hydroxylation sites is 1. The molecule has 3 rings (SSSR count). The molecule has 2 nitrogen and oxygen atoms in total. The minimum atomic E-state index is -0.331. The summed E-state index contributed by atoms with van der Waals surface area (Å²) in [5, 5.41) is 0. The highest BCUT2D eigenvalue weighted by Gasteiger charge is 2.27. The first-order valence-electron chi connectivity index (χ1n) is 7.50. The molecule has 1 aliphatic rings. The summed E-state index contributed by atoms with van der Waals surface area (Å²) >= 11 is 0.